The van der Waals surface area contributed by atoms with Crippen LogP contribution in [0.4, 0.5) is 10.5 Å². The van der Waals surface area contributed by atoms with E-state index in [1.807, 2.05) is 31.2 Å². The van der Waals surface area contributed by atoms with Crippen molar-refractivity contribution in [1.29, 1.82) is 0 Å². The lowest BCUT2D eigenvalue weighted by Gasteiger charge is -2.32. The molecule has 2 N–H and O–H groups in total. The molecule has 2 heterocycles. The van der Waals surface area contributed by atoms with E-state index in [1.165, 1.54) is 11.2 Å². The summed E-state index contributed by atoms with van der Waals surface area (Å²) in [5.74, 6) is 0.251. The molecule has 0 radical (unpaired) electrons. The van der Waals surface area contributed by atoms with E-state index in [2.05, 4.69) is 10.6 Å². The van der Waals surface area contributed by atoms with Crippen molar-refractivity contribution in [3.8, 4) is 0 Å². The van der Waals surface area contributed by atoms with E-state index in [0.717, 1.165) is 11.3 Å². The van der Waals surface area contributed by atoms with E-state index in [0.29, 0.717) is 17.0 Å². The molecule has 1 aliphatic rings. The number of carbonyl (C=O) groups excluding carboxylic acids is 2. The number of para-hydroxylation sites is 1. The third-order valence-corrected chi connectivity index (χ3v) is 4.22. The topological polar surface area (TPSA) is 74.6 Å². The van der Waals surface area contributed by atoms with Crippen LogP contribution in [-0.2, 0) is 4.79 Å². The van der Waals surface area contributed by atoms with Gasteiger partial charge in [-0.05, 0) is 37.6 Å². The van der Waals surface area contributed by atoms with Crippen molar-refractivity contribution >= 4 is 17.6 Å². The van der Waals surface area contributed by atoms with Crippen LogP contribution in [-0.4, -0.2) is 23.9 Å². The molecule has 24 heavy (non-hydrogen) atoms. The second-order valence-corrected chi connectivity index (χ2v) is 5.73. The number of hydrogen-bond acceptors (Lipinski definition) is 3. The van der Waals surface area contributed by atoms with Crippen molar-refractivity contribution in [3.63, 3.8) is 0 Å². The predicted molar refractivity (Wildman–Crippen MR) is 90.3 cm³/mol. The molecule has 3 rings (SSSR count). The third kappa shape index (κ3) is 2.78. The quantitative estimate of drug-likeness (QED) is 0.910. The summed E-state index contributed by atoms with van der Waals surface area (Å²) in [6.45, 7) is 3.68. The van der Waals surface area contributed by atoms with Crippen LogP contribution in [0.5, 0.6) is 0 Å². The molecule has 1 unspecified atom stereocenters. The predicted octanol–water partition coefficient (Wildman–Crippen LogP) is 3.20. The maximum atomic E-state index is 12.9. The molecule has 6 heteroatoms. The monoisotopic (exact) mass is 325 g/mol. The van der Waals surface area contributed by atoms with E-state index < -0.39 is 6.04 Å². The van der Waals surface area contributed by atoms with Crippen molar-refractivity contribution in [2.45, 2.75) is 19.9 Å². The van der Waals surface area contributed by atoms with E-state index in [4.69, 9.17) is 4.42 Å². The molecule has 1 aromatic heterocycles. The maximum Gasteiger partial charge on any atom is 0.322 e. The first-order valence-electron chi connectivity index (χ1n) is 7.64. The molecular weight excluding hydrogens is 306 g/mol. The Kier molecular flexibility index (Phi) is 4.12. The lowest BCUT2D eigenvalue weighted by Crippen LogP contribution is -2.46. The molecule has 1 atom stereocenters. The molecule has 0 saturated heterocycles. The summed E-state index contributed by atoms with van der Waals surface area (Å²) in [5, 5.41) is 5.73. The molecular formula is C18H19N3O3. The molecule has 0 spiro atoms. The average molecular weight is 325 g/mol. The van der Waals surface area contributed by atoms with E-state index in [9.17, 15) is 9.59 Å². The lowest BCUT2D eigenvalue weighted by molar-refractivity contribution is -0.113. The van der Waals surface area contributed by atoms with E-state index in [1.54, 1.807) is 26.1 Å². The van der Waals surface area contributed by atoms with Gasteiger partial charge < -0.3 is 20.0 Å². The van der Waals surface area contributed by atoms with Gasteiger partial charge in [0.05, 0.1) is 11.8 Å². The summed E-state index contributed by atoms with van der Waals surface area (Å²) in [6.07, 6.45) is 1.52. The fraction of sp³-hybridized carbons (Fsp3) is 0.222. The number of benzene rings is 1. The number of furan rings is 1. The number of nitrogens with one attached hydrogen (secondary N) is 2. The van der Waals surface area contributed by atoms with E-state index in [-0.39, 0.29) is 11.9 Å². The lowest BCUT2D eigenvalue weighted by atomic mass is 9.99. The first-order chi connectivity index (χ1) is 11.5. The number of amides is 3. The zero-order valence-electron chi connectivity index (χ0n) is 13.8. The number of allylic oxidation sites excluding steroid dienone is 1. The first kappa shape index (κ1) is 15.9. The Morgan fingerprint density at radius 3 is 2.62 bits per heavy atom. The number of rotatable bonds is 3. The summed E-state index contributed by atoms with van der Waals surface area (Å²) in [7, 11) is 1.63. The summed E-state index contributed by atoms with van der Waals surface area (Å²) in [5.41, 5.74) is 2.74. The van der Waals surface area contributed by atoms with Crippen LogP contribution in [0.3, 0.4) is 0 Å². The molecule has 3 amide bonds. The first-order valence-corrected chi connectivity index (χ1v) is 7.64. The van der Waals surface area contributed by atoms with E-state index >= 15 is 0 Å². The molecule has 2 aromatic rings. The minimum absolute atomic E-state index is 0.268. The van der Waals surface area contributed by atoms with Gasteiger partial charge in [0.2, 0.25) is 0 Å². The average Bonchev–Trinajstić information content (AvgIpc) is 3.08. The summed E-state index contributed by atoms with van der Waals surface area (Å²) in [6, 6.07) is 10.1. The van der Waals surface area contributed by atoms with Crippen LogP contribution in [0.25, 0.3) is 0 Å². The van der Waals surface area contributed by atoms with Gasteiger partial charge in [-0.3, -0.25) is 4.79 Å². The molecule has 1 aromatic carbocycles. The van der Waals surface area contributed by atoms with Gasteiger partial charge in [0.25, 0.3) is 5.91 Å². The molecule has 0 aliphatic carbocycles. The minimum Gasteiger partial charge on any atom is -0.467 e. The van der Waals surface area contributed by atoms with Crippen LogP contribution >= 0.6 is 0 Å². The van der Waals surface area contributed by atoms with Crippen molar-refractivity contribution < 1.29 is 14.0 Å². The number of aryl methyl sites for hydroxylation is 1. The Labute approximate surface area is 140 Å². The number of urea groups is 1. The van der Waals surface area contributed by atoms with Gasteiger partial charge in [-0.1, -0.05) is 18.2 Å². The highest BCUT2D eigenvalue weighted by Gasteiger charge is 2.35. The van der Waals surface area contributed by atoms with Crippen molar-refractivity contribution in [2.75, 3.05) is 12.4 Å². The van der Waals surface area contributed by atoms with Crippen molar-refractivity contribution in [2.24, 2.45) is 0 Å². The highest BCUT2D eigenvalue weighted by Crippen LogP contribution is 2.31. The summed E-state index contributed by atoms with van der Waals surface area (Å²) >= 11 is 0. The van der Waals surface area contributed by atoms with Gasteiger partial charge in [0, 0.05) is 18.4 Å². The molecule has 0 fully saturated rings. The fourth-order valence-corrected chi connectivity index (χ4v) is 2.70. The zero-order valence-corrected chi connectivity index (χ0v) is 13.8. The Balaban J connectivity index is 1.99. The second kappa shape index (κ2) is 6.23. The van der Waals surface area contributed by atoms with Gasteiger partial charge >= 0.3 is 6.03 Å². The minimum atomic E-state index is -0.618. The van der Waals surface area contributed by atoms with Crippen molar-refractivity contribution in [3.05, 3.63) is 65.3 Å². The number of nitrogens with zero attached hydrogens (tertiary/aromatic N) is 1. The van der Waals surface area contributed by atoms with Gasteiger partial charge in [0.15, 0.2) is 0 Å². The summed E-state index contributed by atoms with van der Waals surface area (Å²) < 4.78 is 5.41. The van der Waals surface area contributed by atoms with Crippen LogP contribution in [0.2, 0.25) is 0 Å². The molecule has 0 saturated carbocycles. The normalized spacial score (nSPS) is 17.7. The van der Waals surface area contributed by atoms with Crippen LogP contribution < -0.4 is 10.6 Å². The number of anilines is 1. The molecule has 124 valence electrons. The van der Waals surface area contributed by atoms with Gasteiger partial charge in [-0.2, -0.15) is 0 Å². The van der Waals surface area contributed by atoms with Crippen LogP contribution in [0, 0.1) is 6.92 Å². The Hall–Kier alpha value is -3.02. The Bertz CT molecular complexity index is 809. The zero-order chi connectivity index (χ0) is 17.3. The van der Waals surface area contributed by atoms with Gasteiger partial charge in [-0.15, -0.1) is 0 Å². The van der Waals surface area contributed by atoms with Gasteiger partial charge in [0.1, 0.15) is 11.8 Å². The number of hydrogen-bond donors (Lipinski definition) is 2. The Morgan fingerprint density at radius 1 is 1.21 bits per heavy atom. The highest BCUT2D eigenvalue weighted by atomic mass is 16.3. The van der Waals surface area contributed by atoms with Crippen LogP contribution in [0.1, 0.15) is 24.3 Å². The fourth-order valence-electron chi connectivity index (χ4n) is 2.70. The third-order valence-electron chi connectivity index (χ3n) is 4.22. The highest BCUT2D eigenvalue weighted by molar-refractivity contribution is 6.07. The molecule has 0 bridgehead atoms. The SMILES string of the molecule is CC1=C(C(=O)Nc2ccccc2C)C(c2ccco2)NC(=O)N1C. The molecule has 6 nitrogen and oxygen atoms in total. The smallest absolute Gasteiger partial charge is 0.322 e. The molecule has 1 aliphatic heterocycles. The second-order valence-electron chi connectivity index (χ2n) is 5.73. The standard InChI is InChI=1S/C18H19N3O3/c1-11-7-4-5-8-13(11)19-17(22)15-12(2)21(3)18(23)20-16(15)14-9-6-10-24-14/h4-10,16H,1-3H3,(H,19,22)(H,20,23). The largest absolute Gasteiger partial charge is 0.467 e. The number of carbonyl (C=O) groups is 2. The Morgan fingerprint density at radius 2 is 1.96 bits per heavy atom. The summed E-state index contributed by atoms with van der Waals surface area (Å²) in [4.78, 5) is 26.4. The van der Waals surface area contributed by atoms with Crippen molar-refractivity contribution in [1.82, 2.24) is 10.2 Å². The van der Waals surface area contributed by atoms with Gasteiger partial charge in [-0.25, -0.2) is 4.79 Å². The maximum absolute atomic E-state index is 12.9. The van der Waals surface area contributed by atoms with Crippen LogP contribution in [0.15, 0.2) is 58.3 Å².